The molecule has 2 aliphatic heterocycles. The van der Waals surface area contributed by atoms with Crippen molar-refractivity contribution in [1.82, 2.24) is 19.9 Å². The molecule has 0 saturated heterocycles. The molecular formula is C50H36I2N4O2S2. The highest BCUT2D eigenvalue weighted by Gasteiger charge is 2.20. The van der Waals surface area contributed by atoms with E-state index >= 15 is 0 Å². The summed E-state index contributed by atoms with van der Waals surface area (Å²) in [5.41, 5.74) is 17.1. The lowest BCUT2D eigenvalue weighted by atomic mass is 10.0. The molecule has 0 spiro atoms. The van der Waals surface area contributed by atoms with Gasteiger partial charge in [-0.3, -0.25) is 9.59 Å². The summed E-state index contributed by atoms with van der Waals surface area (Å²) in [5.74, 6) is 1.17. The second kappa shape index (κ2) is 17.5. The molecule has 10 heteroatoms. The number of rotatable bonds is 8. The molecule has 0 atom stereocenters. The fraction of sp³-hybridized carbons (Fsp3) is 0.0800. The van der Waals surface area contributed by atoms with Crippen LogP contribution in [0.2, 0.25) is 0 Å². The first kappa shape index (κ1) is 40.4. The second-order valence-corrected chi connectivity index (χ2v) is 19.3. The lowest BCUT2D eigenvalue weighted by molar-refractivity contribution is -0.109. The van der Waals surface area contributed by atoms with E-state index in [2.05, 4.69) is 195 Å². The van der Waals surface area contributed by atoms with Gasteiger partial charge in [0.15, 0.2) is 10.2 Å². The number of carbonyl (C=O) groups excluding carboxylic acids is 2. The molecule has 0 unspecified atom stereocenters. The van der Waals surface area contributed by atoms with Crippen LogP contribution in [0.25, 0.3) is 90.9 Å². The van der Waals surface area contributed by atoms with Gasteiger partial charge in [0.1, 0.15) is 0 Å². The number of halogens is 2. The van der Waals surface area contributed by atoms with Crippen molar-refractivity contribution in [2.45, 2.75) is 25.4 Å². The first-order valence-electron chi connectivity index (χ1n) is 19.3. The number of aromatic amines is 2. The number of hydrogen-bond donors (Lipinski definition) is 2. The van der Waals surface area contributed by atoms with Crippen molar-refractivity contribution in [2.24, 2.45) is 0 Å². The minimum Gasteiger partial charge on any atom is -0.354 e. The fourth-order valence-corrected chi connectivity index (χ4v) is 9.90. The van der Waals surface area contributed by atoms with Crippen molar-refractivity contribution in [3.8, 4) is 44.5 Å². The highest BCUT2D eigenvalue weighted by molar-refractivity contribution is 14.1. The molecule has 8 bridgehead atoms. The Morgan fingerprint density at radius 3 is 1.22 bits per heavy atom. The molecular weight excluding hydrogens is 1010 g/mol. The van der Waals surface area contributed by atoms with E-state index in [0.29, 0.717) is 11.5 Å². The zero-order chi connectivity index (χ0) is 41.3. The summed E-state index contributed by atoms with van der Waals surface area (Å²) in [6.07, 6.45) is 8.39. The van der Waals surface area contributed by atoms with Crippen LogP contribution in [-0.4, -0.2) is 30.2 Å². The van der Waals surface area contributed by atoms with Crippen LogP contribution in [0.1, 0.15) is 47.8 Å². The SMILES string of the molecule is CC(=O)SCc1cccc(-c2c3nc(c(-c4cccc(I)c4)c4ccc([nH]4)c(-c4cccc(CSC(C)=O)c4)c4ccc([nH]4)c(-c4cccc(I)c4)c4nc2C=C4)C=C3)c1. The van der Waals surface area contributed by atoms with Crippen LogP contribution >= 0.6 is 68.7 Å². The molecule has 9 rings (SSSR count). The Balaban J connectivity index is 1.42. The maximum absolute atomic E-state index is 12.0. The minimum absolute atomic E-state index is 0.0849. The predicted molar refractivity (Wildman–Crippen MR) is 270 cm³/mol. The van der Waals surface area contributed by atoms with Gasteiger partial charge < -0.3 is 9.97 Å². The van der Waals surface area contributed by atoms with Crippen LogP contribution in [0, 0.1) is 7.14 Å². The first-order valence-corrected chi connectivity index (χ1v) is 23.4. The molecule has 0 radical (unpaired) electrons. The zero-order valence-corrected chi connectivity index (χ0v) is 38.5. The van der Waals surface area contributed by atoms with Crippen LogP contribution < -0.4 is 0 Å². The zero-order valence-electron chi connectivity index (χ0n) is 32.6. The van der Waals surface area contributed by atoms with E-state index in [1.54, 1.807) is 13.8 Å². The van der Waals surface area contributed by atoms with Gasteiger partial charge in [-0.1, -0.05) is 96.3 Å². The summed E-state index contributed by atoms with van der Waals surface area (Å²) in [6, 6.07) is 42.4. The quantitative estimate of drug-likeness (QED) is 0.147. The second-order valence-electron chi connectivity index (χ2n) is 14.5. The van der Waals surface area contributed by atoms with Gasteiger partial charge in [-0.15, -0.1) is 0 Å². The summed E-state index contributed by atoms with van der Waals surface area (Å²) >= 11 is 7.36. The van der Waals surface area contributed by atoms with Crippen LogP contribution in [0.3, 0.4) is 0 Å². The Kier molecular flexibility index (Phi) is 11.8. The van der Waals surface area contributed by atoms with Gasteiger partial charge in [0.25, 0.3) is 0 Å². The molecule has 4 aromatic carbocycles. The molecule has 0 saturated carbocycles. The third kappa shape index (κ3) is 8.60. The minimum atomic E-state index is 0.0849. The Morgan fingerprint density at radius 1 is 0.467 bits per heavy atom. The number of fused-ring (bicyclic) bond motifs is 8. The molecule has 2 N–H and O–H groups in total. The molecule has 6 nitrogen and oxygen atoms in total. The van der Waals surface area contributed by atoms with Gasteiger partial charge in [-0.05, 0) is 151 Å². The molecule has 0 aliphatic carbocycles. The Labute approximate surface area is 383 Å². The standard InChI is InChI=1S/C50H36I2N4O2S2/c1-29(57)59-27-31-7-3-9-33(23-31)47-39-15-19-43(53-39)49(35-11-5-13-37(51)25-35)45-21-17-41(55-45)48(34-10-4-8-32(24-34)28-60-30(2)58)42-18-22-46(56-42)50(44-20-16-40(47)54-44)36-12-6-14-38(52)26-36/h3-26,53-54H,27-28H2,1-2H3. The number of hydrogen-bond acceptors (Lipinski definition) is 6. The van der Waals surface area contributed by atoms with Crippen LogP contribution in [0.4, 0.5) is 0 Å². The topological polar surface area (TPSA) is 91.5 Å². The van der Waals surface area contributed by atoms with E-state index in [1.807, 2.05) is 6.07 Å². The van der Waals surface area contributed by atoms with Gasteiger partial charge in [0.05, 0.1) is 22.8 Å². The van der Waals surface area contributed by atoms with Crippen molar-refractivity contribution >= 4 is 125 Å². The average molecular weight is 1040 g/mol. The van der Waals surface area contributed by atoms with Crippen LogP contribution in [0.15, 0.2) is 121 Å². The summed E-state index contributed by atoms with van der Waals surface area (Å²) in [7, 11) is 0. The predicted octanol–water partition coefficient (Wildman–Crippen LogP) is 14.1. The Bertz CT molecular complexity index is 2970. The lowest BCUT2D eigenvalue weighted by Gasteiger charge is -2.09. The normalized spacial score (nSPS) is 11.9. The molecule has 0 amide bonds. The van der Waals surface area contributed by atoms with E-state index in [1.165, 1.54) is 23.5 Å². The van der Waals surface area contributed by atoms with Gasteiger partial charge in [0, 0.05) is 76.8 Å². The number of nitrogens with zero attached hydrogens (tertiary/aromatic N) is 2. The maximum atomic E-state index is 12.0. The van der Waals surface area contributed by atoms with Crippen molar-refractivity contribution in [3.05, 3.63) is 162 Å². The third-order valence-electron chi connectivity index (χ3n) is 10.3. The van der Waals surface area contributed by atoms with E-state index in [4.69, 9.17) is 9.97 Å². The number of thioether (sulfide) groups is 2. The van der Waals surface area contributed by atoms with Crippen molar-refractivity contribution in [2.75, 3.05) is 0 Å². The number of H-pyrrole nitrogens is 2. The summed E-state index contributed by atoms with van der Waals surface area (Å²) < 4.78 is 2.24. The van der Waals surface area contributed by atoms with Gasteiger partial charge in [-0.2, -0.15) is 0 Å². The van der Waals surface area contributed by atoms with E-state index in [0.717, 1.165) is 108 Å². The fourth-order valence-electron chi connectivity index (χ4n) is 7.71. The smallest absolute Gasteiger partial charge is 0.186 e. The molecule has 7 aromatic rings. The molecule has 60 heavy (non-hydrogen) atoms. The van der Waals surface area contributed by atoms with Gasteiger partial charge in [0.2, 0.25) is 0 Å². The summed E-state index contributed by atoms with van der Waals surface area (Å²) in [5, 5.41) is 0.176. The Hall–Kier alpha value is -5.02. The molecule has 0 fully saturated rings. The van der Waals surface area contributed by atoms with Gasteiger partial charge in [-0.25, -0.2) is 9.97 Å². The number of nitrogens with one attached hydrogen (secondary N) is 2. The first-order chi connectivity index (χ1) is 29.2. The third-order valence-corrected chi connectivity index (χ3v) is 13.4. The van der Waals surface area contributed by atoms with Crippen molar-refractivity contribution < 1.29 is 9.59 Å². The number of carbonyl (C=O) groups is 2. The van der Waals surface area contributed by atoms with E-state index in [9.17, 15) is 9.59 Å². The number of benzene rings is 4. The monoisotopic (exact) mass is 1040 g/mol. The lowest BCUT2D eigenvalue weighted by Crippen LogP contribution is -1.93. The summed E-state index contributed by atoms with van der Waals surface area (Å²) in [4.78, 5) is 42.5. The van der Waals surface area contributed by atoms with Crippen molar-refractivity contribution in [1.29, 1.82) is 0 Å². The maximum Gasteiger partial charge on any atom is 0.186 e. The molecule has 3 aromatic heterocycles. The molecule has 5 heterocycles. The molecule has 294 valence electrons. The van der Waals surface area contributed by atoms with Crippen LogP contribution in [-0.2, 0) is 21.1 Å². The highest BCUT2D eigenvalue weighted by atomic mass is 127. The molecule has 2 aliphatic rings. The number of aromatic nitrogens is 4. The van der Waals surface area contributed by atoms with Gasteiger partial charge >= 0.3 is 0 Å². The van der Waals surface area contributed by atoms with Crippen LogP contribution in [0.5, 0.6) is 0 Å². The van der Waals surface area contributed by atoms with Crippen molar-refractivity contribution in [3.63, 3.8) is 0 Å². The Morgan fingerprint density at radius 2 is 0.817 bits per heavy atom. The van der Waals surface area contributed by atoms with E-state index < -0.39 is 0 Å². The highest BCUT2D eigenvalue weighted by Crippen LogP contribution is 2.39. The average Bonchev–Trinajstić information content (AvgIpc) is 4.08. The largest absolute Gasteiger partial charge is 0.354 e. The van der Waals surface area contributed by atoms with E-state index in [-0.39, 0.29) is 10.2 Å². The summed E-state index contributed by atoms with van der Waals surface area (Å²) in [6.45, 7) is 3.22.